The van der Waals surface area contributed by atoms with Crippen molar-refractivity contribution in [1.82, 2.24) is 9.88 Å². The molecule has 0 radical (unpaired) electrons. The maximum Gasteiger partial charge on any atom is 0.267 e. The molecule has 0 atom stereocenters. The van der Waals surface area contributed by atoms with Crippen LogP contribution < -0.4 is 5.32 Å². The zero-order valence-electron chi connectivity index (χ0n) is 13.6. The predicted octanol–water partition coefficient (Wildman–Crippen LogP) is 4.53. The fourth-order valence-electron chi connectivity index (χ4n) is 2.67. The smallest absolute Gasteiger partial charge is 0.267 e. The number of nitrogens with one attached hydrogen (secondary N) is 1. The van der Waals surface area contributed by atoms with E-state index in [-0.39, 0.29) is 5.91 Å². The van der Waals surface area contributed by atoms with Crippen LogP contribution in [0.1, 0.15) is 36.3 Å². The highest BCUT2D eigenvalue weighted by molar-refractivity contribution is 7.17. The van der Waals surface area contributed by atoms with Crippen molar-refractivity contribution in [1.29, 1.82) is 0 Å². The van der Waals surface area contributed by atoms with Gasteiger partial charge in [-0.15, -0.1) is 11.3 Å². The van der Waals surface area contributed by atoms with Gasteiger partial charge >= 0.3 is 0 Å². The van der Waals surface area contributed by atoms with E-state index in [1.54, 1.807) is 11.3 Å². The zero-order chi connectivity index (χ0) is 16.2. The van der Waals surface area contributed by atoms with Crippen molar-refractivity contribution in [3.8, 4) is 0 Å². The summed E-state index contributed by atoms with van der Waals surface area (Å²) in [6.45, 7) is 5.77. The number of fused-ring (bicyclic) bond motifs is 1. The van der Waals surface area contributed by atoms with Gasteiger partial charge in [0.05, 0.1) is 10.2 Å². The third-order valence-corrected chi connectivity index (χ3v) is 4.80. The van der Waals surface area contributed by atoms with E-state index in [1.807, 2.05) is 24.3 Å². The van der Waals surface area contributed by atoms with Gasteiger partial charge in [0.1, 0.15) is 5.69 Å². The van der Waals surface area contributed by atoms with Gasteiger partial charge in [0.25, 0.3) is 5.91 Å². The van der Waals surface area contributed by atoms with Crippen LogP contribution in [0.2, 0.25) is 0 Å². The first-order valence-corrected chi connectivity index (χ1v) is 8.92. The zero-order valence-corrected chi connectivity index (χ0v) is 14.4. The van der Waals surface area contributed by atoms with Crippen LogP contribution in [0.15, 0.2) is 47.8 Å². The lowest BCUT2D eigenvalue weighted by Gasteiger charge is -2.11. The standard InChI is InChI=1S/C19H22N2OS/c1-14(2)8-10-20-19(22)17-12-18-16(9-11-23-18)21(17)13-15-6-4-3-5-7-15/h3-7,9,11-12,14H,8,10,13H2,1-2H3,(H,20,22). The Balaban J connectivity index is 1.86. The molecule has 2 aromatic heterocycles. The maximum atomic E-state index is 12.6. The monoisotopic (exact) mass is 326 g/mol. The predicted molar refractivity (Wildman–Crippen MR) is 97.1 cm³/mol. The quantitative estimate of drug-likeness (QED) is 0.709. The third kappa shape index (κ3) is 3.64. The van der Waals surface area contributed by atoms with E-state index in [0.717, 1.165) is 28.9 Å². The molecule has 3 rings (SSSR count). The van der Waals surface area contributed by atoms with E-state index in [0.29, 0.717) is 12.5 Å². The summed E-state index contributed by atoms with van der Waals surface area (Å²) < 4.78 is 3.28. The van der Waals surface area contributed by atoms with Crippen molar-refractivity contribution >= 4 is 27.5 Å². The van der Waals surface area contributed by atoms with Crippen LogP contribution >= 0.6 is 11.3 Å². The largest absolute Gasteiger partial charge is 0.351 e. The van der Waals surface area contributed by atoms with E-state index in [9.17, 15) is 4.79 Å². The van der Waals surface area contributed by atoms with E-state index in [4.69, 9.17) is 0 Å². The average Bonchev–Trinajstić information content (AvgIpc) is 3.10. The molecule has 4 heteroatoms. The minimum Gasteiger partial charge on any atom is -0.351 e. The van der Waals surface area contributed by atoms with Crippen LogP contribution in [-0.2, 0) is 6.54 Å². The Morgan fingerprint density at radius 3 is 2.74 bits per heavy atom. The highest BCUT2D eigenvalue weighted by Gasteiger charge is 2.16. The summed E-state index contributed by atoms with van der Waals surface area (Å²) in [6, 6.07) is 14.4. The van der Waals surface area contributed by atoms with Crippen LogP contribution in [-0.4, -0.2) is 17.0 Å². The van der Waals surface area contributed by atoms with Gasteiger partial charge in [0.15, 0.2) is 0 Å². The average molecular weight is 326 g/mol. The minimum absolute atomic E-state index is 0.0185. The molecule has 0 spiro atoms. The highest BCUT2D eigenvalue weighted by Crippen LogP contribution is 2.26. The van der Waals surface area contributed by atoms with E-state index in [2.05, 4.69) is 47.3 Å². The Bertz CT molecular complexity index is 786. The van der Waals surface area contributed by atoms with E-state index < -0.39 is 0 Å². The molecule has 0 saturated heterocycles. The number of rotatable bonds is 6. The first kappa shape index (κ1) is 15.8. The lowest BCUT2D eigenvalue weighted by molar-refractivity contribution is 0.0943. The molecule has 0 saturated carbocycles. The molecular formula is C19H22N2OS. The van der Waals surface area contributed by atoms with Crippen LogP contribution in [0.3, 0.4) is 0 Å². The number of benzene rings is 1. The van der Waals surface area contributed by atoms with Crippen molar-refractivity contribution in [3.63, 3.8) is 0 Å². The van der Waals surface area contributed by atoms with E-state index >= 15 is 0 Å². The fraction of sp³-hybridized carbons (Fsp3) is 0.316. The molecule has 0 aliphatic heterocycles. The number of aromatic nitrogens is 1. The van der Waals surface area contributed by atoms with Crippen molar-refractivity contribution in [2.45, 2.75) is 26.8 Å². The minimum atomic E-state index is 0.0185. The van der Waals surface area contributed by atoms with Crippen molar-refractivity contribution in [3.05, 3.63) is 59.1 Å². The Morgan fingerprint density at radius 1 is 1.22 bits per heavy atom. The van der Waals surface area contributed by atoms with Gasteiger partial charge in [-0.25, -0.2) is 0 Å². The number of carbonyl (C=O) groups is 1. The Hall–Kier alpha value is -2.07. The van der Waals surface area contributed by atoms with Gasteiger partial charge in [0, 0.05) is 13.1 Å². The van der Waals surface area contributed by atoms with Gasteiger partial charge in [-0.3, -0.25) is 4.79 Å². The molecule has 0 fully saturated rings. The number of amides is 1. The van der Waals surface area contributed by atoms with Crippen LogP contribution in [0, 0.1) is 5.92 Å². The van der Waals surface area contributed by atoms with Gasteiger partial charge in [-0.05, 0) is 35.4 Å². The van der Waals surface area contributed by atoms with Gasteiger partial charge < -0.3 is 9.88 Å². The van der Waals surface area contributed by atoms with Gasteiger partial charge in [0.2, 0.25) is 0 Å². The van der Waals surface area contributed by atoms with Crippen molar-refractivity contribution < 1.29 is 4.79 Å². The number of thiophene rings is 1. The second-order valence-corrected chi connectivity index (χ2v) is 7.16. The summed E-state index contributed by atoms with van der Waals surface area (Å²) >= 11 is 1.68. The second-order valence-electron chi connectivity index (χ2n) is 6.21. The Labute approximate surface area is 140 Å². The molecule has 1 N–H and O–H groups in total. The summed E-state index contributed by atoms with van der Waals surface area (Å²) in [7, 11) is 0. The fourth-order valence-corrected chi connectivity index (χ4v) is 3.49. The lowest BCUT2D eigenvalue weighted by Crippen LogP contribution is -2.27. The number of hydrogen-bond acceptors (Lipinski definition) is 2. The molecule has 0 unspecified atom stereocenters. The topological polar surface area (TPSA) is 34.0 Å². The maximum absolute atomic E-state index is 12.6. The molecule has 1 aromatic carbocycles. The van der Waals surface area contributed by atoms with Gasteiger partial charge in [-0.1, -0.05) is 44.2 Å². The second kappa shape index (κ2) is 7.01. The van der Waals surface area contributed by atoms with Gasteiger partial charge in [-0.2, -0.15) is 0 Å². The highest BCUT2D eigenvalue weighted by atomic mass is 32.1. The van der Waals surface area contributed by atoms with Crippen molar-refractivity contribution in [2.75, 3.05) is 6.54 Å². The van der Waals surface area contributed by atoms with Crippen LogP contribution in [0.25, 0.3) is 10.2 Å². The summed E-state index contributed by atoms with van der Waals surface area (Å²) in [6.07, 6.45) is 1.000. The molecule has 2 heterocycles. The Morgan fingerprint density at radius 2 is 2.00 bits per heavy atom. The molecule has 1 amide bonds. The lowest BCUT2D eigenvalue weighted by atomic mass is 10.1. The molecule has 0 aliphatic rings. The molecule has 0 aliphatic carbocycles. The number of carbonyl (C=O) groups excluding carboxylic acids is 1. The van der Waals surface area contributed by atoms with E-state index in [1.165, 1.54) is 5.56 Å². The summed E-state index contributed by atoms with van der Waals surface area (Å²) in [4.78, 5) is 12.6. The summed E-state index contributed by atoms with van der Waals surface area (Å²) in [5.74, 6) is 0.611. The first-order valence-electron chi connectivity index (χ1n) is 8.04. The molecule has 120 valence electrons. The number of nitrogens with zero attached hydrogens (tertiary/aromatic N) is 1. The number of hydrogen-bond donors (Lipinski definition) is 1. The summed E-state index contributed by atoms with van der Waals surface area (Å²) in [5, 5.41) is 5.13. The molecule has 0 bridgehead atoms. The first-order chi connectivity index (χ1) is 11.1. The molecule has 3 nitrogen and oxygen atoms in total. The summed E-state index contributed by atoms with van der Waals surface area (Å²) in [5.41, 5.74) is 3.08. The molecular weight excluding hydrogens is 304 g/mol. The normalized spacial score (nSPS) is 11.3. The third-order valence-electron chi connectivity index (χ3n) is 3.95. The SMILES string of the molecule is CC(C)CCNC(=O)c1cc2sccc2n1Cc1ccccc1. The Kier molecular flexibility index (Phi) is 4.82. The molecule has 3 aromatic rings. The van der Waals surface area contributed by atoms with Crippen LogP contribution in [0.5, 0.6) is 0 Å². The van der Waals surface area contributed by atoms with Crippen molar-refractivity contribution in [2.24, 2.45) is 5.92 Å². The molecule has 23 heavy (non-hydrogen) atoms. The van der Waals surface area contributed by atoms with Crippen LogP contribution in [0.4, 0.5) is 0 Å².